The first-order valence-corrected chi connectivity index (χ1v) is 3.79. The zero-order chi connectivity index (χ0) is 11.2. The quantitative estimate of drug-likeness (QED) is 0.532. The van der Waals surface area contributed by atoms with E-state index in [2.05, 4.69) is 4.74 Å². The Morgan fingerprint density at radius 1 is 1.43 bits per heavy atom. The molecule has 0 aromatic rings. The van der Waals surface area contributed by atoms with Crippen LogP contribution >= 0.6 is 0 Å². The van der Waals surface area contributed by atoms with Gasteiger partial charge in [-0.3, -0.25) is 0 Å². The van der Waals surface area contributed by atoms with Gasteiger partial charge in [-0.25, -0.2) is 8.78 Å². The third-order valence-electron chi connectivity index (χ3n) is 1.35. The lowest BCUT2D eigenvalue weighted by Crippen LogP contribution is -2.33. The summed E-state index contributed by atoms with van der Waals surface area (Å²) in [4.78, 5) is 0. The minimum atomic E-state index is -4.14. The van der Waals surface area contributed by atoms with Crippen LogP contribution in [0.15, 0.2) is 0 Å². The summed E-state index contributed by atoms with van der Waals surface area (Å²) in [6.07, 6.45) is -3.71. The fourth-order valence-electron chi connectivity index (χ4n) is 0.546. The molecule has 0 heterocycles. The number of ether oxygens (including phenoxy) is 1. The van der Waals surface area contributed by atoms with E-state index in [4.69, 9.17) is 11.0 Å². The maximum Gasteiger partial charge on any atom is 0.330 e. The predicted octanol–water partition coefficient (Wildman–Crippen LogP) is 1.14. The zero-order valence-electron chi connectivity index (χ0n) is 7.22. The van der Waals surface area contributed by atoms with Crippen LogP contribution in [0.1, 0.15) is 6.42 Å². The summed E-state index contributed by atoms with van der Waals surface area (Å²) in [6.45, 7) is -1.60. The van der Waals surface area contributed by atoms with Crippen molar-refractivity contribution in [2.75, 3.05) is 13.2 Å². The number of nitrogens with two attached hydrogens (primary N) is 1. The van der Waals surface area contributed by atoms with Gasteiger partial charge in [-0.1, -0.05) is 0 Å². The van der Waals surface area contributed by atoms with E-state index in [1.165, 1.54) is 0 Å². The first-order chi connectivity index (χ1) is 6.40. The Balaban J connectivity index is 3.60. The molecule has 0 amide bonds. The van der Waals surface area contributed by atoms with Gasteiger partial charge in [0.1, 0.15) is 6.61 Å². The molecule has 2 N–H and O–H groups in total. The highest BCUT2D eigenvalue weighted by Gasteiger charge is 2.40. The van der Waals surface area contributed by atoms with Crippen LogP contribution in [0.2, 0.25) is 0 Å². The fourth-order valence-corrected chi connectivity index (χ4v) is 0.546. The van der Waals surface area contributed by atoms with Crippen LogP contribution in [0.4, 0.5) is 17.6 Å². The lowest BCUT2D eigenvalue weighted by Gasteiger charge is -2.15. The molecule has 0 saturated heterocycles. The van der Waals surface area contributed by atoms with Crippen molar-refractivity contribution in [3.05, 3.63) is 0 Å². The summed E-state index contributed by atoms with van der Waals surface area (Å²) < 4.78 is 51.7. The molecule has 3 nitrogen and oxygen atoms in total. The number of rotatable bonds is 6. The van der Waals surface area contributed by atoms with Crippen LogP contribution in [0.5, 0.6) is 0 Å². The molecule has 0 rings (SSSR count). The van der Waals surface area contributed by atoms with Gasteiger partial charge in [-0.15, -0.1) is 0 Å². The van der Waals surface area contributed by atoms with Gasteiger partial charge in [0.05, 0.1) is 12.1 Å². The van der Waals surface area contributed by atoms with E-state index in [-0.39, 0.29) is 13.0 Å². The average Bonchev–Trinajstić information content (AvgIpc) is 2.11. The van der Waals surface area contributed by atoms with Gasteiger partial charge in [0.25, 0.3) is 0 Å². The molecule has 7 heteroatoms. The number of halogens is 4. The zero-order valence-corrected chi connectivity index (χ0v) is 7.22. The van der Waals surface area contributed by atoms with Crippen molar-refractivity contribution >= 4 is 0 Å². The smallest absolute Gasteiger partial charge is 0.330 e. The van der Waals surface area contributed by atoms with Crippen LogP contribution in [-0.2, 0) is 4.74 Å². The average molecular weight is 214 g/mol. The van der Waals surface area contributed by atoms with Crippen molar-refractivity contribution in [2.45, 2.75) is 24.8 Å². The molecule has 1 unspecified atom stereocenters. The standard InChI is InChI=1S/C7H10F4N2O/c8-6(9)7(10,11)4-14-2-1-5(13)3-12/h5-6H,1-2,4,13H2. The van der Waals surface area contributed by atoms with Gasteiger partial charge in [0, 0.05) is 6.61 Å². The molecule has 0 fully saturated rings. The molecule has 0 spiro atoms. The Morgan fingerprint density at radius 2 is 2.00 bits per heavy atom. The van der Waals surface area contributed by atoms with Crippen molar-refractivity contribution in [1.29, 1.82) is 5.26 Å². The van der Waals surface area contributed by atoms with Crippen LogP contribution in [0.3, 0.4) is 0 Å². The first-order valence-electron chi connectivity index (χ1n) is 3.79. The Hall–Kier alpha value is -0.870. The number of nitrogens with zero attached hydrogens (tertiary/aromatic N) is 1. The van der Waals surface area contributed by atoms with Crippen molar-refractivity contribution < 1.29 is 22.3 Å². The lowest BCUT2D eigenvalue weighted by molar-refractivity contribution is -0.165. The summed E-state index contributed by atoms with van der Waals surface area (Å²) in [5, 5.41) is 8.18. The molecule has 0 aliphatic carbocycles. The van der Waals surface area contributed by atoms with Gasteiger partial charge >= 0.3 is 12.3 Å². The molecule has 14 heavy (non-hydrogen) atoms. The van der Waals surface area contributed by atoms with Gasteiger partial charge in [-0.2, -0.15) is 14.0 Å². The Bertz CT molecular complexity index is 204. The highest BCUT2D eigenvalue weighted by Crippen LogP contribution is 2.22. The summed E-state index contributed by atoms with van der Waals surface area (Å²) in [5.41, 5.74) is 5.11. The van der Waals surface area contributed by atoms with Crippen LogP contribution in [-0.4, -0.2) is 31.6 Å². The number of hydrogen-bond donors (Lipinski definition) is 1. The minimum Gasteiger partial charge on any atom is -0.375 e. The SMILES string of the molecule is N#CC(N)CCOCC(F)(F)C(F)F. The van der Waals surface area contributed by atoms with Gasteiger partial charge in [-0.05, 0) is 6.42 Å². The third-order valence-corrected chi connectivity index (χ3v) is 1.35. The van der Waals surface area contributed by atoms with Crippen molar-refractivity contribution in [1.82, 2.24) is 0 Å². The van der Waals surface area contributed by atoms with Crippen LogP contribution in [0.25, 0.3) is 0 Å². The van der Waals surface area contributed by atoms with Gasteiger partial charge in [0.2, 0.25) is 0 Å². The lowest BCUT2D eigenvalue weighted by atomic mass is 10.2. The Morgan fingerprint density at radius 3 is 2.43 bits per heavy atom. The molecule has 0 aliphatic rings. The second kappa shape index (κ2) is 5.78. The van der Waals surface area contributed by atoms with E-state index in [0.717, 1.165) is 0 Å². The molecular formula is C7H10F4N2O. The van der Waals surface area contributed by atoms with E-state index >= 15 is 0 Å². The number of nitriles is 1. The largest absolute Gasteiger partial charge is 0.375 e. The summed E-state index contributed by atoms with van der Waals surface area (Å²) in [5.74, 6) is -4.14. The normalized spacial score (nSPS) is 14.1. The molecule has 0 aromatic carbocycles. The molecule has 0 saturated carbocycles. The molecule has 0 bridgehead atoms. The van der Waals surface area contributed by atoms with Crippen molar-refractivity contribution in [3.8, 4) is 6.07 Å². The molecule has 0 aliphatic heterocycles. The Labute approximate surface area is 78.4 Å². The van der Waals surface area contributed by atoms with Crippen molar-refractivity contribution in [3.63, 3.8) is 0 Å². The second-order valence-corrected chi connectivity index (χ2v) is 2.64. The number of alkyl halides is 4. The van der Waals surface area contributed by atoms with Crippen LogP contribution < -0.4 is 5.73 Å². The maximum atomic E-state index is 12.2. The highest BCUT2D eigenvalue weighted by atomic mass is 19.3. The Kier molecular flexibility index (Phi) is 5.42. The maximum absolute atomic E-state index is 12.2. The molecule has 82 valence electrons. The second-order valence-electron chi connectivity index (χ2n) is 2.64. The monoisotopic (exact) mass is 214 g/mol. The molecule has 0 aromatic heterocycles. The predicted molar refractivity (Wildman–Crippen MR) is 40.0 cm³/mol. The van der Waals surface area contributed by atoms with Crippen LogP contribution in [0, 0.1) is 11.3 Å². The third kappa shape index (κ3) is 4.99. The molecule has 1 atom stereocenters. The summed E-state index contributed by atoms with van der Waals surface area (Å²) >= 11 is 0. The molecular weight excluding hydrogens is 204 g/mol. The summed E-state index contributed by atoms with van der Waals surface area (Å²) in [6, 6.07) is 0.824. The fraction of sp³-hybridized carbons (Fsp3) is 0.857. The minimum absolute atomic E-state index is 0.0375. The van der Waals surface area contributed by atoms with E-state index in [1.54, 1.807) is 6.07 Å². The van der Waals surface area contributed by atoms with E-state index in [9.17, 15) is 17.6 Å². The van der Waals surface area contributed by atoms with E-state index in [0.29, 0.717) is 0 Å². The van der Waals surface area contributed by atoms with Gasteiger partial charge in [0.15, 0.2) is 0 Å². The molecule has 0 radical (unpaired) electrons. The topological polar surface area (TPSA) is 59.0 Å². The highest BCUT2D eigenvalue weighted by molar-refractivity contribution is 4.85. The number of hydrogen-bond acceptors (Lipinski definition) is 3. The van der Waals surface area contributed by atoms with E-state index < -0.39 is 25.0 Å². The first kappa shape index (κ1) is 13.1. The van der Waals surface area contributed by atoms with E-state index in [1.807, 2.05) is 0 Å². The van der Waals surface area contributed by atoms with Crippen molar-refractivity contribution in [2.24, 2.45) is 5.73 Å². The summed E-state index contributed by atoms with van der Waals surface area (Å²) in [7, 11) is 0. The van der Waals surface area contributed by atoms with Gasteiger partial charge < -0.3 is 10.5 Å².